The maximum absolute atomic E-state index is 12.4. The van der Waals surface area contributed by atoms with Crippen molar-refractivity contribution in [2.45, 2.75) is 31.8 Å². The molecule has 1 saturated heterocycles. The summed E-state index contributed by atoms with van der Waals surface area (Å²) in [5.41, 5.74) is 7.89. The second-order valence-electron chi connectivity index (χ2n) is 5.69. The molecule has 1 atom stereocenters. The summed E-state index contributed by atoms with van der Waals surface area (Å²) >= 11 is 0. The van der Waals surface area contributed by atoms with E-state index in [-0.39, 0.29) is 11.9 Å². The monoisotopic (exact) mass is 289 g/mol. The van der Waals surface area contributed by atoms with Crippen molar-refractivity contribution in [1.29, 1.82) is 0 Å². The van der Waals surface area contributed by atoms with Crippen LogP contribution in [0, 0.1) is 0 Å². The van der Waals surface area contributed by atoms with Crippen molar-refractivity contribution in [3.05, 3.63) is 29.3 Å². The van der Waals surface area contributed by atoms with Gasteiger partial charge in [0.2, 0.25) is 0 Å². The van der Waals surface area contributed by atoms with Gasteiger partial charge in [-0.25, -0.2) is 4.79 Å². The number of carbonyl (C=O) groups excluding carboxylic acids is 1. The molecule has 1 aromatic carbocycles. The Morgan fingerprint density at radius 3 is 2.90 bits per heavy atom. The van der Waals surface area contributed by atoms with Crippen molar-refractivity contribution in [1.82, 2.24) is 9.80 Å². The molecule has 0 saturated carbocycles. The van der Waals surface area contributed by atoms with Crippen LogP contribution >= 0.6 is 0 Å². The van der Waals surface area contributed by atoms with Gasteiger partial charge in [0.1, 0.15) is 0 Å². The number of nitrogens with two attached hydrogens (primary N) is 1. The van der Waals surface area contributed by atoms with E-state index >= 15 is 0 Å². The number of amides is 2. The average Bonchev–Trinajstić information content (AvgIpc) is 2.77. The SMILES string of the molecule is Nc1cccc2c1C(=O)N(CC1CCCCN1C(=O)O)C2. The van der Waals surface area contributed by atoms with Crippen LogP contribution in [0.1, 0.15) is 35.2 Å². The van der Waals surface area contributed by atoms with Crippen molar-refractivity contribution < 1.29 is 14.7 Å². The molecule has 2 heterocycles. The molecule has 1 aromatic rings. The second-order valence-corrected chi connectivity index (χ2v) is 5.69. The Labute approximate surface area is 123 Å². The Hall–Kier alpha value is -2.24. The summed E-state index contributed by atoms with van der Waals surface area (Å²) < 4.78 is 0. The van der Waals surface area contributed by atoms with E-state index in [0.29, 0.717) is 30.9 Å². The minimum Gasteiger partial charge on any atom is -0.465 e. The number of anilines is 1. The maximum Gasteiger partial charge on any atom is 0.407 e. The number of nitrogen functional groups attached to an aromatic ring is 1. The third-order valence-electron chi connectivity index (χ3n) is 4.35. The largest absolute Gasteiger partial charge is 0.465 e. The lowest BCUT2D eigenvalue weighted by Gasteiger charge is -2.35. The summed E-state index contributed by atoms with van der Waals surface area (Å²) in [6.45, 7) is 1.51. The number of rotatable bonds is 2. The lowest BCUT2D eigenvalue weighted by atomic mass is 10.0. The Bertz CT molecular complexity index is 588. The van der Waals surface area contributed by atoms with Crippen LogP contribution < -0.4 is 5.73 Å². The number of carbonyl (C=O) groups is 2. The molecule has 2 amide bonds. The van der Waals surface area contributed by atoms with Gasteiger partial charge in [-0.05, 0) is 30.9 Å². The van der Waals surface area contributed by atoms with Gasteiger partial charge in [-0.15, -0.1) is 0 Å². The minimum absolute atomic E-state index is 0.0842. The van der Waals surface area contributed by atoms with Crippen LogP contribution in [0.15, 0.2) is 18.2 Å². The van der Waals surface area contributed by atoms with E-state index in [1.807, 2.05) is 12.1 Å². The van der Waals surface area contributed by atoms with Crippen LogP contribution in [0.25, 0.3) is 0 Å². The maximum atomic E-state index is 12.4. The zero-order chi connectivity index (χ0) is 15.0. The van der Waals surface area contributed by atoms with Crippen molar-refractivity contribution in [2.75, 3.05) is 18.8 Å². The van der Waals surface area contributed by atoms with E-state index in [1.165, 1.54) is 4.90 Å². The quantitative estimate of drug-likeness (QED) is 0.812. The van der Waals surface area contributed by atoms with Crippen molar-refractivity contribution in [2.24, 2.45) is 0 Å². The molecular formula is C15H19N3O3. The van der Waals surface area contributed by atoms with Crippen LogP contribution in [0.3, 0.4) is 0 Å². The lowest BCUT2D eigenvalue weighted by Crippen LogP contribution is -2.49. The highest BCUT2D eigenvalue weighted by atomic mass is 16.4. The predicted octanol–water partition coefficient (Wildman–Crippen LogP) is 1.76. The molecule has 0 radical (unpaired) electrons. The first kappa shape index (κ1) is 13.7. The minimum atomic E-state index is -0.900. The van der Waals surface area contributed by atoms with Crippen LogP contribution in [0.4, 0.5) is 10.5 Å². The molecule has 1 fully saturated rings. The normalized spacial score (nSPS) is 21.5. The number of fused-ring (bicyclic) bond motifs is 1. The van der Waals surface area contributed by atoms with Crippen LogP contribution in [-0.2, 0) is 6.54 Å². The highest BCUT2D eigenvalue weighted by Crippen LogP contribution is 2.29. The third kappa shape index (κ3) is 2.41. The number of benzene rings is 1. The first-order valence-electron chi connectivity index (χ1n) is 7.24. The fourth-order valence-corrected chi connectivity index (χ4v) is 3.29. The molecule has 3 rings (SSSR count). The van der Waals surface area contributed by atoms with Gasteiger partial charge in [-0.1, -0.05) is 12.1 Å². The average molecular weight is 289 g/mol. The summed E-state index contributed by atoms with van der Waals surface area (Å²) in [7, 11) is 0. The molecular weight excluding hydrogens is 270 g/mol. The predicted molar refractivity (Wildman–Crippen MR) is 78.0 cm³/mol. The van der Waals surface area contributed by atoms with Crippen molar-refractivity contribution >= 4 is 17.7 Å². The van der Waals surface area contributed by atoms with Gasteiger partial charge in [0.15, 0.2) is 0 Å². The highest BCUT2D eigenvalue weighted by Gasteiger charge is 2.34. The Morgan fingerprint density at radius 1 is 1.38 bits per heavy atom. The van der Waals surface area contributed by atoms with Crippen LogP contribution in [0.5, 0.6) is 0 Å². The number of nitrogens with zero attached hydrogens (tertiary/aromatic N) is 2. The second kappa shape index (κ2) is 5.27. The Balaban J connectivity index is 1.76. The topological polar surface area (TPSA) is 86.9 Å². The smallest absolute Gasteiger partial charge is 0.407 e. The van der Waals surface area contributed by atoms with E-state index in [4.69, 9.17) is 5.73 Å². The summed E-state index contributed by atoms with van der Waals surface area (Å²) in [5, 5.41) is 9.27. The lowest BCUT2D eigenvalue weighted by molar-refractivity contribution is 0.0631. The first-order valence-corrected chi connectivity index (χ1v) is 7.24. The van der Waals surface area contributed by atoms with Crippen LogP contribution in [0.2, 0.25) is 0 Å². The molecule has 112 valence electrons. The summed E-state index contributed by atoms with van der Waals surface area (Å²) in [6.07, 6.45) is 1.81. The summed E-state index contributed by atoms with van der Waals surface area (Å²) in [6, 6.07) is 5.36. The third-order valence-corrected chi connectivity index (χ3v) is 4.35. The number of hydrogen-bond acceptors (Lipinski definition) is 3. The zero-order valence-corrected chi connectivity index (χ0v) is 11.8. The van der Waals surface area contributed by atoms with Gasteiger partial charge in [0, 0.05) is 25.3 Å². The molecule has 2 aliphatic rings. The molecule has 0 aliphatic carbocycles. The van der Waals surface area contributed by atoms with E-state index in [0.717, 1.165) is 24.8 Å². The standard InChI is InChI=1S/C15H19N3O3/c16-12-6-3-4-10-8-17(14(19)13(10)12)9-11-5-1-2-7-18(11)15(20)21/h3-4,6,11H,1-2,5,7-9,16H2,(H,20,21). The molecule has 0 bridgehead atoms. The number of hydrogen-bond donors (Lipinski definition) is 2. The van der Waals surface area contributed by atoms with Crippen molar-refractivity contribution in [3.8, 4) is 0 Å². The molecule has 6 nitrogen and oxygen atoms in total. The highest BCUT2D eigenvalue weighted by molar-refractivity contribution is 6.03. The van der Waals surface area contributed by atoms with E-state index in [2.05, 4.69) is 0 Å². The molecule has 6 heteroatoms. The molecule has 2 aliphatic heterocycles. The fourth-order valence-electron chi connectivity index (χ4n) is 3.29. The van der Waals surface area contributed by atoms with Gasteiger partial charge in [-0.3, -0.25) is 4.79 Å². The van der Waals surface area contributed by atoms with Gasteiger partial charge in [0.05, 0.1) is 11.6 Å². The molecule has 1 unspecified atom stereocenters. The number of likely N-dealkylation sites (tertiary alicyclic amines) is 1. The molecule has 0 spiro atoms. The first-order chi connectivity index (χ1) is 10.1. The van der Waals surface area contributed by atoms with Crippen LogP contribution in [-0.4, -0.2) is 46.0 Å². The molecule has 21 heavy (non-hydrogen) atoms. The molecule has 0 aromatic heterocycles. The zero-order valence-electron chi connectivity index (χ0n) is 11.8. The van der Waals surface area contributed by atoms with E-state index < -0.39 is 6.09 Å². The van der Waals surface area contributed by atoms with Crippen molar-refractivity contribution in [3.63, 3.8) is 0 Å². The van der Waals surface area contributed by atoms with Gasteiger partial charge in [-0.2, -0.15) is 0 Å². The number of carboxylic acid groups (broad SMARTS) is 1. The van der Waals surface area contributed by atoms with Gasteiger partial charge >= 0.3 is 6.09 Å². The molecule has 3 N–H and O–H groups in total. The van der Waals surface area contributed by atoms with E-state index in [9.17, 15) is 14.7 Å². The summed E-state index contributed by atoms with van der Waals surface area (Å²) in [5.74, 6) is -0.0842. The van der Waals surface area contributed by atoms with Gasteiger partial charge in [0.25, 0.3) is 5.91 Å². The van der Waals surface area contributed by atoms with Gasteiger partial charge < -0.3 is 20.6 Å². The summed E-state index contributed by atoms with van der Waals surface area (Å²) in [4.78, 5) is 26.9. The Kier molecular flexibility index (Phi) is 3.45. The number of piperidine rings is 1. The Morgan fingerprint density at radius 2 is 2.19 bits per heavy atom. The van der Waals surface area contributed by atoms with E-state index in [1.54, 1.807) is 11.0 Å². The fraction of sp³-hybridized carbons (Fsp3) is 0.467.